The van der Waals surface area contributed by atoms with Gasteiger partial charge in [-0.3, -0.25) is 0 Å². The standard InChI is InChI=1S/C14H24N6O12/c15-11(19-17-1-3(21)5(23)7(25)9(27)13(29)30)12(16)20-18-2-4(22)6(24)8(26)10(28)14(31)32/h1-10,21-28H,(H2,15,19)(H2,16,20)(H,29,30)(H,31,32)/b17-1-,18-2+/t3-,4-,5-,6-,7-,8-,9-,10-/m0/s1. The number of hydrogen-bond acceptors (Lipinski definition) is 14. The molecule has 0 aliphatic carbocycles. The fourth-order valence-corrected chi connectivity index (χ4v) is 1.68. The summed E-state index contributed by atoms with van der Waals surface area (Å²) < 4.78 is 0. The maximum absolute atomic E-state index is 10.5. The van der Waals surface area contributed by atoms with Gasteiger partial charge in [-0.05, 0) is 0 Å². The minimum atomic E-state index is -2.38. The Kier molecular flexibility index (Phi) is 12.0. The quantitative estimate of drug-likeness (QED) is 0.0719. The molecule has 0 amide bonds. The number of rotatable bonds is 12. The monoisotopic (exact) mass is 468 g/mol. The molecule has 0 unspecified atom stereocenters. The van der Waals surface area contributed by atoms with Crippen LogP contribution in [0.15, 0.2) is 20.4 Å². The van der Waals surface area contributed by atoms with Gasteiger partial charge >= 0.3 is 11.9 Å². The lowest BCUT2D eigenvalue weighted by atomic mass is 10.0. The first-order valence-corrected chi connectivity index (χ1v) is 8.36. The number of carboxylic acids is 2. The molecule has 0 aliphatic rings. The van der Waals surface area contributed by atoms with Crippen molar-refractivity contribution in [3.63, 3.8) is 0 Å². The van der Waals surface area contributed by atoms with Crippen molar-refractivity contribution in [2.24, 2.45) is 31.9 Å². The van der Waals surface area contributed by atoms with Gasteiger partial charge in [0.15, 0.2) is 23.9 Å². The number of amidine groups is 2. The molecule has 0 rings (SSSR count). The van der Waals surface area contributed by atoms with Crippen molar-refractivity contribution in [1.29, 1.82) is 0 Å². The van der Waals surface area contributed by atoms with E-state index in [9.17, 15) is 40.2 Å². The van der Waals surface area contributed by atoms with E-state index in [1.807, 2.05) is 0 Å². The minimum absolute atomic E-state index is 0.515. The number of nitrogens with zero attached hydrogens (tertiary/aromatic N) is 4. The van der Waals surface area contributed by atoms with E-state index >= 15 is 0 Å². The van der Waals surface area contributed by atoms with Crippen LogP contribution in [0.4, 0.5) is 0 Å². The molecule has 14 N–H and O–H groups in total. The molecule has 0 aromatic rings. The van der Waals surface area contributed by atoms with E-state index in [1.165, 1.54) is 0 Å². The molecular formula is C14H24N6O12. The Morgan fingerprint density at radius 1 is 0.594 bits per heavy atom. The summed E-state index contributed by atoms with van der Waals surface area (Å²) in [5.74, 6) is -4.94. The lowest BCUT2D eigenvalue weighted by Crippen LogP contribution is -2.48. The third kappa shape index (κ3) is 8.95. The van der Waals surface area contributed by atoms with Gasteiger partial charge in [0, 0.05) is 0 Å². The van der Waals surface area contributed by atoms with Crippen LogP contribution in [-0.4, -0.2) is 136 Å². The predicted molar refractivity (Wildman–Crippen MR) is 104 cm³/mol. The summed E-state index contributed by atoms with van der Waals surface area (Å²) in [6, 6.07) is 0. The van der Waals surface area contributed by atoms with Crippen molar-refractivity contribution in [1.82, 2.24) is 0 Å². The Hall–Kier alpha value is -3.10. The van der Waals surface area contributed by atoms with E-state index in [1.54, 1.807) is 0 Å². The topological polar surface area (TPSA) is 338 Å². The van der Waals surface area contributed by atoms with Gasteiger partial charge in [-0.25, -0.2) is 9.59 Å². The Morgan fingerprint density at radius 3 is 1.12 bits per heavy atom. The summed E-state index contributed by atoms with van der Waals surface area (Å²) in [5, 5.41) is 105. The maximum atomic E-state index is 10.5. The fourth-order valence-electron chi connectivity index (χ4n) is 1.68. The molecule has 0 bridgehead atoms. The second kappa shape index (κ2) is 13.3. The average molecular weight is 468 g/mol. The van der Waals surface area contributed by atoms with Crippen LogP contribution >= 0.6 is 0 Å². The molecule has 8 atom stereocenters. The predicted octanol–water partition coefficient (Wildman–Crippen LogP) is -7.27. The van der Waals surface area contributed by atoms with Crippen LogP contribution in [0, 0.1) is 0 Å². The van der Waals surface area contributed by atoms with Gasteiger partial charge in [0.1, 0.15) is 36.6 Å². The molecular weight excluding hydrogens is 444 g/mol. The molecule has 0 saturated heterocycles. The van der Waals surface area contributed by atoms with Crippen molar-refractivity contribution in [3.05, 3.63) is 0 Å². The van der Waals surface area contributed by atoms with E-state index < -0.39 is 72.4 Å². The first-order chi connectivity index (χ1) is 14.7. The zero-order valence-electron chi connectivity index (χ0n) is 16.0. The van der Waals surface area contributed by atoms with Crippen molar-refractivity contribution in [3.8, 4) is 0 Å². The number of aliphatic hydroxyl groups is 8. The highest BCUT2D eigenvalue weighted by molar-refractivity contribution is 6.39. The van der Waals surface area contributed by atoms with Crippen LogP contribution in [-0.2, 0) is 9.59 Å². The first-order valence-electron chi connectivity index (χ1n) is 8.36. The smallest absolute Gasteiger partial charge is 0.335 e. The molecule has 0 aromatic heterocycles. The second-order valence-corrected chi connectivity index (χ2v) is 6.01. The van der Waals surface area contributed by atoms with Gasteiger partial charge < -0.3 is 62.5 Å². The Morgan fingerprint density at radius 2 is 0.875 bits per heavy atom. The van der Waals surface area contributed by atoms with Gasteiger partial charge in [0.25, 0.3) is 0 Å². The largest absolute Gasteiger partial charge is 0.479 e. The normalized spacial score (nSPS) is 21.0. The van der Waals surface area contributed by atoms with E-state index in [-0.39, 0.29) is 0 Å². The number of carboxylic acid groups (broad SMARTS) is 2. The Bertz CT molecular complexity index is 696. The van der Waals surface area contributed by atoms with Crippen molar-refractivity contribution in [2.75, 3.05) is 0 Å². The molecule has 182 valence electrons. The van der Waals surface area contributed by atoms with E-state index in [0.29, 0.717) is 12.4 Å². The number of aliphatic carboxylic acids is 2. The van der Waals surface area contributed by atoms with Gasteiger partial charge in [-0.2, -0.15) is 10.2 Å². The number of hydrogen-bond donors (Lipinski definition) is 12. The molecule has 0 radical (unpaired) electrons. The SMILES string of the molecule is NC(=N/N=C\[C@H](O)[C@H](O)[C@H](O)[C@H](O)C(=O)O)C(N)=N/N=C/[C@H](O)[C@H](O)[C@H](O)[C@H](O)C(=O)O. The third-order valence-corrected chi connectivity index (χ3v) is 3.58. The highest BCUT2D eigenvalue weighted by atomic mass is 16.4. The Labute approximate surface area is 178 Å². The van der Waals surface area contributed by atoms with Crippen LogP contribution in [0.1, 0.15) is 0 Å². The van der Waals surface area contributed by atoms with Crippen molar-refractivity contribution in [2.45, 2.75) is 48.8 Å². The highest BCUT2D eigenvalue weighted by Gasteiger charge is 2.34. The summed E-state index contributed by atoms with van der Waals surface area (Å²) in [7, 11) is 0. The van der Waals surface area contributed by atoms with E-state index in [4.69, 9.17) is 31.9 Å². The van der Waals surface area contributed by atoms with Crippen LogP contribution in [0.3, 0.4) is 0 Å². The lowest BCUT2D eigenvalue weighted by Gasteiger charge is -2.22. The molecule has 0 spiro atoms. The van der Waals surface area contributed by atoms with Crippen LogP contribution < -0.4 is 11.5 Å². The second-order valence-electron chi connectivity index (χ2n) is 6.01. The van der Waals surface area contributed by atoms with Crippen LogP contribution in [0.5, 0.6) is 0 Å². The fraction of sp³-hybridized carbons (Fsp3) is 0.571. The molecule has 32 heavy (non-hydrogen) atoms. The maximum Gasteiger partial charge on any atom is 0.335 e. The average Bonchev–Trinajstić information content (AvgIpc) is 2.74. The summed E-state index contributed by atoms with van der Waals surface area (Å²) in [5.41, 5.74) is 10.7. The molecule has 0 saturated carbocycles. The third-order valence-electron chi connectivity index (χ3n) is 3.58. The lowest BCUT2D eigenvalue weighted by molar-refractivity contribution is -0.161. The number of carbonyl (C=O) groups is 2. The minimum Gasteiger partial charge on any atom is -0.479 e. The van der Waals surface area contributed by atoms with Crippen molar-refractivity contribution >= 4 is 36.0 Å². The van der Waals surface area contributed by atoms with Gasteiger partial charge in [-0.1, -0.05) is 0 Å². The van der Waals surface area contributed by atoms with Crippen LogP contribution in [0.25, 0.3) is 0 Å². The molecule has 18 nitrogen and oxygen atoms in total. The molecule has 18 heteroatoms. The van der Waals surface area contributed by atoms with E-state index in [2.05, 4.69) is 20.4 Å². The zero-order valence-corrected chi connectivity index (χ0v) is 16.0. The summed E-state index contributed by atoms with van der Waals surface area (Å²) >= 11 is 0. The van der Waals surface area contributed by atoms with E-state index in [0.717, 1.165) is 0 Å². The molecule has 0 aliphatic heterocycles. The molecule has 0 fully saturated rings. The van der Waals surface area contributed by atoms with Crippen LogP contribution in [0.2, 0.25) is 0 Å². The first kappa shape index (κ1) is 28.9. The summed E-state index contributed by atoms with van der Waals surface area (Å²) in [6.45, 7) is 0. The number of aliphatic hydroxyl groups excluding tert-OH is 8. The molecule has 0 aromatic carbocycles. The summed E-state index contributed by atoms with van der Waals surface area (Å²) in [6.07, 6.45) is -16.5. The van der Waals surface area contributed by atoms with Gasteiger partial charge in [0.2, 0.25) is 0 Å². The summed E-state index contributed by atoms with van der Waals surface area (Å²) in [4.78, 5) is 21.0. The number of nitrogens with two attached hydrogens (primary N) is 2. The highest BCUT2D eigenvalue weighted by Crippen LogP contribution is 2.05. The molecule has 0 heterocycles. The zero-order chi connectivity index (χ0) is 25.2. The van der Waals surface area contributed by atoms with Crippen molar-refractivity contribution < 1.29 is 60.7 Å². The van der Waals surface area contributed by atoms with Gasteiger partial charge in [-0.15, -0.1) is 10.2 Å². The Balaban J connectivity index is 5.00. The van der Waals surface area contributed by atoms with Gasteiger partial charge in [0.05, 0.1) is 12.4 Å².